The number of likely N-dealkylation sites (tertiary alicyclic amines) is 2. The number of benzene rings is 2. The van der Waals surface area contributed by atoms with E-state index in [2.05, 4.69) is 36.9 Å². The molecule has 2 saturated heterocycles. The van der Waals surface area contributed by atoms with Crippen LogP contribution in [-0.4, -0.2) is 85.6 Å². The van der Waals surface area contributed by atoms with Crippen LogP contribution in [0.1, 0.15) is 86.3 Å². The lowest BCUT2D eigenvalue weighted by Crippen LogP contribution is -2.58. The number of amides is 1. The Morgan fingerprint density at radius 1 is 1.02 bits per heavy atom. The topological polar surface area (TPSA) is 116 Å². The highest BCUT2D eigenvalue weighted by Crippen LogP contribution is 2.50. The van der Waals surface area contributed by atoms with Gasteiger partial charge in [-0.25, -0.2) is 8.78 Å². The van der Waals surface area contributed by atoms with Crippen LogP contribution in [0.3, 0.4) is 0 Å². The van der Waals surface area contributed by atoms with Crippen LogP contribution in [0.5, 0.6) is 0 Å². The van der Waals surface area contributed by atoms with Crippen molar-refractivity contribution in [1.29, 1.82) is 0 Å². The molecule has 2 aromatic rings. The first-order chi connectivity index (χ1) is 24.8. The largest absolute Gasteiger partial charge is 0.404 e. The van der Waals surface area contributed by atoms with Gasteiger partial charge in [-0.2, -0.15) is 0 Å². The summed E-state index contributed by atoms with van der Waals surface area (Å²) in [5.74, 6) is 0.643. The summed E-state index contributed by atoms with van der Waals surface area (Å²) < 4.78 is 27.5. The molecule has 2 atom stereocenters. The maximum Gasteiger partial charge on any atom is 0.256 e. The van der Waals surface area contributed by atoms with Crippen molar-refractivity contribution in [3.63, 3.8) is 0 Å². The first-order valence-corrected chi connectivity index (χ1v) is 18.6. The molecular weight excluding hydrogens is 662 g/mol. The molecule has 2 aliphatic heterocycles. The Bertz CT molecular complexity index is 1570. The summed E-state index contributed by atoms with van der Waals surface area (Å²) in [5, 5.41) is 7.00. The Morgan fingerprint density at radius 3 is 2.19 bits per heavy atom. The summed E-state index contributed by atoms with van der Waals surface area (Å²) in [4.78, 5) is 44.4. The minimum Gasteiger partial charge on any atom is -0.404 e. The molecule has 2 aliphatic carbocycles. The molecule has 0 radical (unpaired) electrons. The van der Waals surface area contributed by atoms with E-state index in [0.717, 1.165) is 93.6 Å². The van der Waals surface area contributed by atoms with Crippen molar-refractivity contribution in [3.8, 4) is 0 Å². The van der Waals surface area contributed by atoms with Crippen LogP contribution in [0.2, 0.25) is 0 Å². The van der Waals surface area contributed by atoms with Gasteiger partial charge in [-0.1, -0.05) is 44.2 Å². The molecule has 3 N–H and O–H groups in total. The molecule has 4 fully saturated rings. The molecule has 0 aromatic heterocycles. The third kappa shape index (κ3) is 10.4. The van der Waals surface area contributed by atoms with E-state index in [1.807, 2.05) is 17.0 Å². The summed E-state index contributed by atoms with van der Waals surface area (Å²) in [5.41, 5.74) is 9.27. The molecule has 1 spiro atoms. The molecule has 10 heteroatoms. The van der Waals surface area contributed by atoms with Gasteiger partial charge in [0.2, 0.25) is 0 Å². The molecule has 2 saturated carbocycles. The number of nitrogens with zero attached hydrogens (tertiary/aromatic N) is 3. The average Bonchev–Trinajstić information content (AvgIpc) is 3.58. The van der Waals surface area contributed by atoms with E-state index in [9.17, 15) is 23.2 Å². The molecule has 8 nitrogen and oxygen atoms in total. The molecule has 0 bridgehead atoms. The van der Waals surface area contributed by atoms with Crippen LogP contribution in [0.4, 0.5) is 8.78 Å². The van der Waals surface area contributed by atoms with Gasteiger partial charge in [-0.3, -0.25) is 14.6 Å². The van der Waals surface area contributed by atoms with Gasteiger partial charge in [0.1, 0.15) is 17.8 Å². The van der Waals surface area contributed by atoms with Crippen molar-refractivity contribution >= 4 is 24.7 Å². The molecule has 2 aromatic carbocycles. The first kappa shape index (κ1) is 41.0. The number of hydrogen-bond acceptors (Lipinski definition) is 7. The summed E-state index contributed by atoms with van der Waals surface area (Å²) in [6.45, 7) is 9.42. The lowest BCUT2D eigenvalue weighted by Gasteiger charge is -2.49. The molecule has 4 aliphatic rings. The number of nitrogens with two attached hydrogens (primary N) is 1. The number of aryl methyl sites for hydroxylation is 1. The van der Waals surface area contributed by atoms with Crippen molar-refractivity contribution in [2.45, 2.75) is 84.4 Å². The fraction of sp³-hybridized carbons (Fsp3) is 0.571. The highest BCUT2D eigenvalue weighted by Gasteiger charge is 2.53. The maximum atomic E-state index is 14.3. The minimum absolute atomic E-state index is 0.0233. The Balaban J connectivity index is 0.000000594. The van der Waals surface area contributed by atoms with Crippen LogP contribution in [-0.2, 0) is 29.0 Å². The van der Waals surface area contributed by atoms with E-state index in [0.29, 0.717) is 61.2 Å². The van der Waals surface area contributed by atoms with Gasteiger partial charge in [-0.15, -0.1) is 0 Å². The zero-order chi connectivity index (χ0) is 38.1. The van der Waals surface area contributed by atoms with Crippen LogP contribution < -0.4 is 5.73 Å². The number of rotatable bonds is 11. The Kier molecular flexibility index (Phi) is 14.1. The predicted octanol–water partition coefficient (Wildman–Crippen LogP) is 6.38. The summed E-state index contributed by atoms with van der Waals surface area (Å²) in [6.07, 6.45) is 11.3. The van der Waals surface area contributed by atoms with Crippen LogP contribution >= 0.6 is 0 Å². The number of carbonyl (C=O) groups excluding carboxylic acids is 3. The lowest BCUT2D eigenvalue weighted by molar-refractivity contribution is -0.126. The van der Waals surface area contributed by atoms with Crippen molar-refractivity contribution in [2.75, 3.05) is 40.3 Å². The van der Waals surface area contributed by atoms with Crippen molar-refractivity contribution < 1.29 is 28.3 Å². The SMILES string of the molecule is CC1(C)CC1C=O.CN1CC2(C1)CN(C(=O)/C(C=NCc1ccc(F)cc1)=C/N)CC2CCc1cccc(CC2CCC(C)(F)CC2)c1C=O.CO. The highest BCUT2D eigenvalue weighted by atomic mass is 19.1. The molecule has 52 heavy (non-hydrogen) atoms. The maximum absolute atomic E-state index is 14.3. The Hall–Kier alpha value is -3.76. The van der Waals surface area contributed by atoms with E-state index in [-0.39, 0.29) is 17.1 Å². The molecule has 284 valence electrons. The Morgan fingerprint density at radius 2 is 1.65 bits per heavy atom. The zero-order valence-corrected chi connectivity index (χ0v) is 31.6. The normalized spacial score (nSPS) is 26.1. The second-order valence-corrected chi connectivity index (χ2v) is 16.3. The van der Waals surface area contributed by atoms with Crippen LogP contribution in [0.25, 0.3) is 0 Å². The monoisotopic (exact) mass is 720 g/mol. The number of halogens is 2. The third-order valence-corrected chi connectivity index (χ3v) is 11.7. The third-order valence-electron chi connectivity index (χ3n) is 11.7. The predicted molar refractivity (Wildman–Crippen MR) is 202 cm³/mol. The fourth-order valence-corrected chi connectivity index (χ4v) is 8.24. The molecule has 2 heterocycles. The summed E-state index contributed by atoms with van der Waals surface area (Å²) in [7, 11) is 3.10. The average molecular weight is 721 g/mol. The molecule has 2 unspecified atom stereocenters. The Labute approximate surface area is 308 Å². The van der Waals surface area contributed by atoms with Crippen molar-refractivity contribution in [1.82, 2.24) is 9.80 Å². The van der Waals surface area contributed by atoms with Gasteiger partial charge < -0.3 is 25.4 Å². The number of aliphatic hydroxyl groups excluding tert-OH is 1. The number of hydrogen-bond donors (Lipinski definition) is 2. The van der Waals surface area contributed by atoms with Crippen LogP contribution in [0.15, 0.2) is 59.2 Å². The van der Waals surface area contributed by atoms with Gasteiger partial charge in [0.05, 0.1) is 12.1 Å². The van der Waals surface area contributed by atoms with Crippen LogP contribution in [0, 0.1) is 34.4 Å². The van der Waals surface area contributed by atoms with E-state index in [1.165, 1.54) is 24.5 Å². The van der Waals surface area contributed by atoms with Gasteiger partial charge >= 0.3 is 0 Å². The lowest BCUT2D eigenvalue weighted by atomic mass is 9.70. The molecular formula is C42H58F2N4O4. The molecule has 1 amide bonds. The smallest absolute Gasteiger partial charge is 0.256 e. The quantitative estimate of drug-likeness (QED) is 0.158. The van der Waals surface area contributed by atoms with Crippen molar-refractivity contribution in [3.05, 3.63) is 82.3 Å². The number of aliphatic hydroxyl groups is 1. The van der Waals surface area contributed by atoms with Gasteiger partial charge in [0.15, 0.2) is 6.29 Å². The fourth-order valence-electron chi connectivity index (χ4n) is 8.24. The number of aliphatic imine (C=N–C) groups is 1. The van der Waals surface area contributed by atoms with E-state index in [4.69, 9.17) is 10.8 Å². The number of carbonyl (C=O) groups is 3. The number of aldehydes is 2. The highest BCUT2D eigenvalue weighted by molar-refractivity contribution is 6.12. The second-order valence-electron chi connectivity index (χ2n) is 16.3. The standard InChI is InChI=1S/C35H44F2N4O2.C6H10O.CH4O/c1-34(37)14-12-25(13-15-34)16-28-5-3-4-27(32(28)21-42)8-9-30-20-41(24-35(30)22-40(2)23-35)33(43)29(17-38)19-39-18-26-6-10-31(36)11-7-26;1-6(2)3-5(6)4-7;1-2/h3-7,10-11,17,19,21,25,30H,8-9,12-16,18,20,22-24,38H2,1-2H3;4-5H,3H2,1-2H3;2H,1H3/b29-17+,39-19?;;. The van der Waals surface area contributed by atoms with Gasteiger partial charge in [0, 0.05) is 62.6 Å². The van der Waals surface area contributed by atoms with Crippen molar-refractivity contribution in [2.24, 2.45) is 39.3 Å². The zero-order valence-electron chi connectivity index (χ0n) is 31.6. The van der Waals surface area contributed by atoms with Gasteiger partial charge in [0.25, 0.3) is 5.91 Å². The molecule has 6 rings (SSSR count). The second kappa shape index (κ2) is 17.8. The number of alkyl halides is 1. The van der Waals surface area contributed by atoms with Gasteiger partial charge in [-0.05, 0) is 111 Å². The minimum atomic E-state index is -1.06. The van der Waals surface area contributed by atoms with E-state index in [1.54, 1.807) is 19.1 Å². The van der Waals surface area contributed by atoms with E-state index < -0.39 is 5.67 Å². The summed E-state index contributed by atoms with van der Waals surface area (Å²) >= 11 is 0. The van der Waals surface area contributed by atoms with E-state index >= 15 is 0 Å². The first-order valence-electron chi connectivity index (χ1n) is 18.6. The summed E-state index contributed by atoms with van der Waals surface area (Å²) in [6, 6.07) is 12.3.